The average Bonchev–Trinajstić information content (AvgIpc) is 2.75. The van der Waals surface area contributed by atoms with E-state index in [1.54, 1.807) is 0 Å². The van der Waals surface area contributed by atoms with E-state index in [2.05, 4.69) is 26.0 Å². The second-order valence-electron chi connectivity index (χ2n) is 7.90. The summed E-state index contributed by atoms with van der Waals surface area (Å²) in [5, 5.41) is 0. The molecule has 2 aromatic carbocycles. The molecule has 0 N–H and O–H groups in total. The molecule has 3 unspecified atom stereocenters. The fraction of sp³-hybridized carbons (Fsp3) is 0.400. The molecule has 4 heteroatoms. The quantitative estimate of drug-likeness (QED) is 0.684. The first-order chi connectivity index (χ1) is 14.1. The van der Waals surface area contributed by atoms with Crippen molar-refractivity contribution >= 4 is 5.78 Å². The number of Topliss-reactive ketones (excluding diaryl/α,β-unsaturated/α-hetero) is 1. The average molecular weight is 392 g/mol. The van der Waals surface area contributed by atoms with Crippen molar-refractivity contribution < 1.29 is 19.0 Å². The number of ether oxygens (including phenoxy) is 3. The fourth-order valence-electron chi connectivity index (χ4n) is 4.06. The molecule has 1 aliphatic heterocycles. The minimum atomic E-state index is -0.150. The summed E-state index contributed by atoms with van der Waals surface area (Å²) in [7, 11) is 0. The number of hydrogen-bond donors (Lipinski definition) is 0. The smallest absolute Gasteiger partial charge is 0.207 e. The van der Waals surface area contributed by atoms with Gasteiger partial charge in [-0.2, -0.15) is 0 Å². The van der Waals surface area contributed by atoms with Gasteiger partial charge in [-0.25, -0.2) is 0 Å². The van der Waals surface area contributed by atoms with E-state index < -0.39 is 0 Å². The Kier molecular flexibility index (Phi) is 6.00. The molecular formula is C25H28O4. The number of carbonyl (C=O) groups excluding carboxylic acids is 1. The molecule has 152 valence electrons. The Morgan fingerprint density at radius 2 is 1.86 bits per heavy atom. The second kappa shape index (κ2) is 8.83. The largest absolute Gasteiger partial charge is 0.493 e. The molecule has 4 nitrogen and oxygen atoms in total. The summed E-state index contributed by atoms with van der Waals surface area (Å²) >= 11 is 0. The van der Waals surface area contributed by atoms with Crippen LogP contribution in [0.25, 0.3) is 0 Å². The van der Waals surface area contributed by atoms with Crippen LogP contribution in [0.15, 0.2) is 60.6 Å². The summed E-state index contributed by atoms with van der Waals surface area (Å²) in [4.78, 5) is 12.9. The lowest BCUT2D eigenvalue weighted by Gasteiger charge is -2.37. The van der Waals surface area contributed by atoms with Crippen LogP contribution in [0.5, 0.6) is 5.75 Å². The molecule has 0 spiro atoms. The summed E-state index contributed by atoms with van der Waals surface area (Å²) in [6, 6.07) is 16.1. The molecule has 1 aliphatic carbocycles. The molecule has 1 heterocycles. The first kappa shape index (κ1) is 19.7. The molecule has 4 rings (SSSR count). The Bertz CT molecular complexity index is 884. The van der Waals surface area contributed by atoms with E-state index in [1.165, 1.54) is 23.0 Å². The SMILES string of the molecule is CCc1ccc(OC2=COC3CC(OCc4ccccc4C)CCC3C2=O)cc1. The minimum absolute atomic E-state index is 0.0400. The van der Waals surface area contributed by atoms with E-state index >= 15 is 0 Å². The first-order valence-corrected chi connectivity index (χ1v) is 10.5. The Hall–Kier alpha value is -2.59. The van der Waals surface area contributed by atoms with Crippen molar-refractivity contribution in [3.8, 4) is 5.75 Å². The maximum atomic E-state index is 12.9. The fourth-order valence-corrected chi connectivity index (χ4v) is 4.06. The summed E-state index contributed by atoms with van der Waals surface area (Å²) in [6.07, 6.45) is 4.80. The highest BCUT2D eigenvalue weighted by Gasteiger charge is 2.41. The van der Waals surface area contributed by atoms with E-state index in [-0.39, 0.29) is 23.9 Å². The minimum Gasteiger partial charge on any atom is -0.493 e. The van der Waals surface area contributed by atoms with Crippen LogP contribution in [0.4, 0.5) is 0 Å². The molecule has 3 atom stereocenters. The van der Waals surface area contributed by atoms with Gasteiger partial charge < -0.3 is 14.2 Å². The normalized spacial score (nSPS) is 23.7. The zero-order chi connectivity index (χ0) is 20.2. The Labute approximate surface area is 172 Å². The van der Waals surface area contributed by atoms with E-state index in [1.807, 2.05) is 36.4 Å². The van der Waals surface area contributed by atoms with Crippen LogP contribution in [0.1, 0.15) is 42.9 Å². The van der Waals surface area contributed by atoms with Gasteiger partial charge in [-0.05, 0) is 55.0 Å². The van der Waals surface area contributed by atoms with E-state index in [4.69, 9.17) is 14.2 Å². The third-order valence-electron chi connectivity index (χ3n) is 5.97. The van der Waals surface area contributed by atoms with Gasteiger partial charge >= 0.3 is 0 Å². The first-order valence-electron chi connectivity index (χ1n) is 10.5. The number of carbonyl (C=O) groups is 1. The Morgan fingerprint density at radius 1 is 1.07 bits per heavy atom. The van der Waals surface area contributed by atoms with Crippen molar-refractivity contribution in [1.82, 2.24) is 0 Å². The van der Waals surface area contributed by atoms with Gasteiger partial charge in [0.05, 0.1) is 18.6 Å². The monoisotopic (exact) mass is 392 g/mol. The summed E-state index contributed by atoms with van der Waals surface area (Å²) in [5.74, 6) is 0.857. The van der Waals surface area contributed by atoms with Gasteiger partial charge in [-0.3, -0.25) is 4.79 Å². The van der Waals surface area contributed by atoms with E-state index in [0.717, 1.165) is 25.7 Å². The van der Waals surface area contributed by atoms with Crippen LogP contribution >= 0.6 is 0 Å². The van der Waals surface area contributed by atoms with Crippen molar-refractivity contribution in [3.63, 3.8) is 0 Å². The molecule has 0 saturated heterocycles. The third-order valence-corrected chi connectivity index (χ3v) is 5.97. The second-order valence-corrected chi connectivity index (χ2v) is 7.90. The van der Waals surface area contributed by atoms with Crippen LogP contribution in [0.2, 0.25) is 0 Å². The highest BCUT2D eigenvalue weighted by Crippen LogP contribution is 2.35. The zero-order valence-corrected chi connectivity index (χ0v) is 17.1. The standard InChI is InChI=1S/C25H28O4/c1-3-18-8-10-20(11-9-18)29-24-16-28-23-14-21(12-13-22(23)25(24)26)27-15-19-7-5-4-6-17(19)2/h4-11,16,21-23H,3,12-15H2,1-2H3. The molecular weight excluding hydrogens is 364 g/mol. The van der Waals surface area contributed by atoms with Crippen LogP contribution in [0, 0.1) is 12.8 Å². The van der Waals surface area contributed by atoms with Gasteiger partial charge in [-0.15, -0.1) is 0 Å². The summed E-state index contributed by atoms with van der Waals surface area (Å²) in [5.41, 5.74) is 3.68. The number of benzene rings is 2. The number of allylic oxidation sites excluding steroid dienone is 1. The van der Waals surface area contributed by atoms with Gasteiger partial charge in [0.2, 0.25) is 11.5 Å². The van der Waals surface area contributed by atoms with E-state index in [9.17, 15) is 4.79 Å². The summed E-state index contributed by atoms with van der Waals surface area (Å²) < 4.78 is 17.9. The molecule has 2 aromatic rings. The van der Waals surface area contributed by atoms with Crippen molar-refractivity contribution in [2.75, 3.05) is 0 Å². The predicted molar refractivity (Wildman–Crippen MR) is 112 cm³/mol. The molecule has 29 heavy (non-hydrogen) atoms. The zero-order valence-electron chi connectivity index (χ0n) is 17.1. The van der Waals surface area contributed by atoms with Gasteiger partial charge in [-0.1, -0.05) is 43.3 Å². The van der Waals surface area contributed by atoms with Gasteiger partial charge in [0.25, 0.3) is 0 Å². The van der Waals surface area contributed by atoms with Gasteiger partial charge in [0.1, 0.15) is 18.1 Å². The van der Waals surface area contributed by atoms with Crippen LogP contribution in [0.3, 0.4) is 0 Å². The number of hydrogen-bond acceptors (Lipinski definition) is 4. The number of ketones is 1. The third kappa shape index (κ3) is 4.54. The van der Waals surface area contributed by atoms with Crippen molar-refractivity contribution in [2.45, 2.75) is 58.3 Å². The Balaban J connectivity index is 1.35. The highest BCUT2D eigenvalue weighted by molar-refractivity contribution is 5.96. The maximum Gasteiger partial charge on any atom is 0.207 e. The van der Waals surface area contributed by atoms with Crippen LogP contribution in [-0.2, 0) is 27.3 Å². The molecule has 0 bridgehead atoms. The molecule has 2 aliphatic rings. The number of aryl methyl sites for hydroxylation is 2. The molecule has 1 saturated carbocycles. The predicted octanol–water partition coefficient (Wildman–Crippen LogP) is 5.13. The molecule has 1 fully saturated rings. The summed E-state index contributed by atoms with van der Waals surface area (Å²) in [6.45, 7) is 4.80. The number of fused-ring (bicyclic) bond motifs is 1. The molecule has 0 amide bonds. The van der Waals surface area contributed by atoms with Crippen LogP contribution in [-0.4, -0.2) is 18.0 Å². The molecule has 0 aromatic heterocycles. The Morgan fingerprint density at radius 3 is 2.62 bits per heavy atom. The van der Waals surface area contributed by atoms with Gasteiger partial charge in [0.15, 0.2) is 0 Å². The topological polar surface area (TPSA) is 44.8 Å². The lowest BCUT2D eigenvalue weighted by molar-refractivity contribution is -0.134. The van der Waals surface area contributed by atoms with E-state index in [0.29, 0.717) is 18.1 Å². The van der Waals surface area contributed by atoms with Crippen molar-refractivity contribution in [1.29, 1.82) is 0 Å². The number of rotatable bonds is 6. The van der Waals surface area contributed by atoms with Crippen molar-refractivity contribution in [2.24, 2.45) is 5.92 Å². The van der Waals surface area contributed by atoms with Crippen molar-refractivity contribution in [3.05, 3.63) is 77.2 Å². The van der Waals surface area contributed by atoms with Crippen LogP contribution < -0.4 is 4.74 Å². The highest BCUT2D eigenvalue weighted by atomic mass is 16.5. The maximum absolute atomic E-state index is 12.9. The lowest BCUT2D eigenvalue weighted by atomic mass is 9.80. The van der Waals surface area contributed by atoms with Gasteiger partial charge in [0, 0.05) is 6.42 Å². The lowest BCUT2D eigenvalue weighted by Crippen LogP contribution is -2.42. The molecule has 0 radical (unpaired) electrons.